The number of carboxylic acid groups (broad SMARTS) is 1. The third-order valence-electron chi connectivity index (χ3n) is 2.96. The van der Waals surface area contributed by atoms with Crippen molar-refractivity contribution in [2.24, 2.45) is 0 Å². The molecule has 2 aromatic carbocycles. The normalized spacial score (nSPS) is 10.6. The smallest absolute Gasteiger partial charge is 0.335 e. The first-order valence-corrected chi connectivity index (χ1v) is 7.80. The van der Waals surface area contributed by atoms with E-state index in [2.05, 4.69) is 4.72 Å². The van der Waals surface area contributed by atoms with Gasteiger partial charge in [0.1, 0.15) is 16.7 Å². The van der Waals surface area contributed by atoms with Crippen LogP contribution in [0.4, 0.5) is 5.69 Å². The van der Waals surface area contributed by atoms with Gasteiger partial charge in [-0.2, -0.15) is 5.26 Å². The highest BCUT2D eigenvalue weighted by Gasteiger charge is 2.20. The van der Waals surface area contributed by atoms with Crippen molar-refractivity contribution in [1.82, 2.24) is 0 Å². The fourth-order valence-corrected chi connectivity index (χ4v) is 3.07. The summed E-state index contributed by atoms with van der Waals surface area (Å²) in [6.45, 7) is 0. The lowest BCUT2D eigenvalue weighted by molar-refractivity contribution is 0.0697. The molecule has 0 bridgehead atoms. The molecule has 0 atom stereocenters. The van der Waals surface area contributed by atoms with E-state index in [4.69, 9.17) is 15.1 Å². The number of nitrogens with zero attached hydrogens (tertiary/aromatic N) is 1. The van der Waals surface area contributed by atoms with Gasteiger partial charge in [-0.15, -0.1) is 0 Å². The predicted molar refractivity (Wildman–Crippen MR) is 81.9 cm³/mol. The molecule has 2 aromatic rings. The molecule has 0 aromatic heterocycles. The highest BCUT2D eigenvalue weighted by atomic mass is 32.2. The van der Waals surface area contributed by atoms with Gasteiger partial charge in [0.05, 0.1) is 18.2 Å². The minimum atomic E-state index is -4.04. The van der Waals surface area contributed by atoms with Gasteiger partial charge in [0.15, 0.2) is 0 Å². The van der Waals surface area contributed by atoms with Gasteiger partial charge in [0, 0.05) is 5.69 Å². The molecule has 0 saturated carbocycles. The molecule has 0 aliphatic rings. The minimum Gasteiger partial charge on any atom is -0.497 e. The van der Waals surface area contributed by atoms with Crippen molar-refractivity contribution in [1.29, 1.82) is 5.26 Å². The Bertz CT molecular complexity index is 900. The first-order chi connectivity index (χ1) is 10.9. The summed E-state index contributed by atoms with van der Waals surface area (Å²) in [6.07, 6.45) is 0. The second-order valence-electron chi connectivity index (χ2n) is 4.47. The van der Waals surface area contributed by atoms with E-state index in [-0.39, 0.29) is 21.7 Å². The zero-order valence-corrected chi connectivity index (χ0v) is 12.8. The maximum Gasteiger partial charge on any atom is 0.335 e. The van der Waals surface area contributed by atoms with E-state index >= 15 is 0 Å². The molecule has 2 rings (SSSR count). The molecule has 0 heterocycles. The molecule has 0 saturated heterocycles. The first kappa shape index (κ1) is 16.3. The van der Waals surface area contributed by atoms with E-state index < -0.39 is 16.0 Å². The molecule has 8 heteroatoms. The van der Waals surface area contributed by atoms with Gasteiger partial charge in [0.25, 0.3) is 10.0 Å². The van der Waals surface area contributed by atoms with Gasteiger partial charge in [-0.25, -0.2) is 13.2 Å². The summed E-state index contributed by atoms with van der Waals surface area (Å²) < 4.78 is 32.0. The van der Waals surface area contributed by atoms with E-state index in [1.54, 1.807) is 6.07 Å². The Morgan fingerprint density at radius 3 is 2.61 bits per heavy atom. The quantitative estimate of drug-likeness (QED) is 0.865. The number of hydrogen-bond donors (Lipinski definition) is 2. The number of sulfonamides is 1. The van der Waals surface area contributed by atoms with Crippen LogP contribution in [0.5, 0.6) is 5.75 Å². The Morgan fingerprint density at radius 1 is 1.26 bits per heavy atom. The van der Waals surface area contributed by atoms with Crippen LogP contribution >= 0.6 is 0 Å². The fourth-order valence-electron chi connectivity index (χ4n) is 1.88. The van der Waals surface area contributed by atoms with Crippen molar-refractivity contribution in [2.45, 2.75) is 4.90 Å². The molecular formula is C15H12N2O5S. The SMILES string of the molecule is COc1ccc(S(=O)(=O)Nc2cccc(C(=O)O)c2)c(C#N)c1. The summed E-state index contributed by atoms with van der Waals surface area (Å²) in [6, 6.07) is 11.1. The van der Waals surface area contributed by atoms with E-state index in [0.29, 0.717) is 5.75 Å². The Balaban J connectivity index is 2.42. The number of ether oxygens (including phenoxy) is 1. The largest absolute Gasteiger partial charge is 0.497 e. The van der Waals surface area contributed by atoms with Crippen LogP contribution in [0.25, 0.3) is 0 Å². The van der Waals surface area contributed by atoms with Gasteiger partial charge in [-0.1, -0.05) is 6.07 Å². The number of benzene rings is 2. The Hall–Kier alpha value is -3.05. The van der Waals surface area contributed by atoms with E-state index in [9.17, 15) is 13.2 Å². The van der Waals surface area contributed by atoms with E-state index in [0.717, 1.165) is 0 Å². The van der Waals surface area contributed by atoms with Gasteiger partial charge >= 0.3 is 5.97 Å². The van der Waals surface area contributed by atoms with Crippen LogP contribution in [0.2, 0.25) is 0 Å². The van der Waals surface area contributed by atoms with Gasteiger partial charge in [0.2, 0.25) is 0 Å². The molecular weight excluding hydrogens is 320 g/mol. The van der Waals surface area contributed by atoms with Crippen molar-refractivity contribution in [3.63, 3.8) is 0 Å². The monoisotopic (exact) mass is 332 g/mol. The second kappa shape index (κ2) is 6.37. The van der Waals surface area contributed by atoms with E-state index in [1.165, 1.54) is 49.6 Å². The maximum atomic E-state index is 12.4. The average molecular weight is 332 g/mol. The van der Waals surface area contributed by atoms with Crippen LogP contribution in [0, 0.1) is 11.3 Å². The Kier molecular flexibility index (Phi) is 4.52. The molecule has 0 unspecified atom stereocenters. The van der Waals surface area contributed by atoms with E-state index in [1.807, 2.05) is 0 Å². The molecule has 7 nitrogen and oxygen atoms in total. The number of anilines is 1. The lowest BCUT2D eigenvalue weighted by Crippen LogP contribution is -2.15. The van der Waals surface area contributed by atoms with Crippen LogP contribution < -0.4 is 9.46 Å². The first-order valence-electron chi connectivity index (χ1n) is 6.31. The lowest BCUT2D eigenvalue weighted by atomic mass is 10.2. The molecule has 23 heavy (non-hydrogen) atoms. The highest BCUT2D eigenvalue weighted by molar-refractivity contribution is 7.92. The molecule has 0 radical (unpaired) electrons. The molecule has 2 N–H and O–H groups in total. The molecule has 118 valence electrons. The number of nitriles is 1. The highest BCUT2D eigenvalue weighted by Crippen LogP contribution is 2.23. The van der Waals surface area contributed by atoms with Crippen LogP contribution in [-0.2, 0) is 10.0 Å². The van der Waals surface area contributed by atoms with Crippen LogP contribution in [0.1, 0.15) is 15.9 Å². The standard InChI is InChI=1S/C15H12N2O5S/c1-22-13-5-6-14(11(8-13)9-16)23(20,21)17-12-4-2-3-10(7-12)15(18)19/h2-8,17H,1H3,(H,18,19). The van der Waals surface area contributed by atoms with Crippen LogP contribution in [0.15, 0.2) is 47.4 Å². The third kappa shape index (κ3) is 3.59. The zero-order chi connectivity index (χ0) is 17.0. The number of hydrogen-bond acceptors (Lipinski definition) is 5. The Morgan fingerprint density at radius 2 is 2.00 bits per heavy atom. The predicted octanol–water partition coefficient (Wildman–Crippen LogP) is 2.07. The summed E-state index contributed by atoms with van der Waals surface area (Å²) in [5.74, 6) is -0.818. The summed E-state index contributed by atoms with van der Waals surface area (Å²) in [5, 5.41) is 18.0. The summed E-state index contributed by atoms with van der Waals surface area (Å²) in [4.78, 5) is 10.7. The molecule has 0 fully saturated rings. The number of methoxy groups -OCH3 is 1. The fraction of sp³-hybridized carbons (Fsp3) is 0.0667. The topological polar surface area (TPSA) is 116 Å². The van der Waals surface area contributed by atoms with Crippen molar-refractivity contribution in [2.75, 3.05) is 11.8 Å². The van der Waals surface area contributed by atoms with Gasteiger partial charge in [-0.3, -0.25) is 4.72 Å². The van der Waals surface area contributed by atoms with Crippen molar-refractivity contribution < 1.29 is 23.1 Å². The van der Waals surface area contributed by atoms with Crippen molar-refractivity contribution in [3.8, 4) is 11.8 Å². The van der Waals surface area contributed by atoms with Gasteiger partial charge < -0.3 is 9.84 Å². The zero-order valence-electron chi connectivity index (χ0n) is 12.0. The summed E-state index contributed by atoms with van der Waals surface area (Å²) in [5.41, 5.74) is -0.0451. The second-order valence-corrected chi connectivity index (χ2v) is 6.12. The molecule has 0 aliphatic heterocycles. The minimum absolute atomic E-state index is 0.0552. The maximum absolute atomic E-state index is 12.4. The summed E-state index contributed by atoms with van der Waals surface area (Å²) in [7, 11) is -2.64. The molecule has 0 spiro atoms. The molecule has 0 aliphatic carbocycles. The van der Waals surface area contributed by atoms with Crippen molar-refractivity contribution in [3.05, 3.63) is 53.6 Å². The number of nitrogens with one attached hydrogen (secondary N) is 1. The molecule has 0 amide bonds. The number of aromatic carboxylic acids is 1. The summed E-state index contributed by atoms with van der Waals surface area (Å²) >= 11 is 0. The van der Waals surface area contributed by atoms with Crippen LogP contribution in [0.3, 0.4) is 0 Å². The van der Waals surface area contributed by atoms with Crippen molar-refractivity contribution >= 4 is 21.7 Å². The van der Waals surface area contributed by atoms with Gasteiger partial charge in [-0.05, 0) is 36.4 Å². The van der Waals surface area contributed by atoms with Crippen LogP contribution in [-0.4, -0.2) is 26.6 Å². The average Bonchev–Trinajstić information content (AvgIpc) is 2.53. The third-order valence-corrected chi connectivity index (χ3v) is 4.40. The number of carboxylic acids is 1. The number of carbonyl (C=O) groups is 1. The number of rotatable bonds is 5. The Labute approximate surface area is 132 Å². The lowest BCUT2D eigenvalue weighted by Gasteiger charge is -2.10.